The molecule has 8 heteroatoms. The first-order valence-electron chi connectivity index (χ1n) is 5.26. The van der Waals surface area contributed by atoms with Crippen LogP contribution in [-0.4, -0.2) is 20.9 Å². The number of amides is 1. The quantitative estimate of drug-likeness (QED) is 0.852. The highest BCUT2D eigenvalue weighted by atomic mass is 79.9. The van der Waals surface area contributed by atoms with E-state index in [0.29, 0.717) is 18.8 Å². The van der Waals surface area contributed by atoms with Gasteiger partial charge in [0.1, 0.15) is 6.54 Å². The van der Waals surface area contributed by atoms with Crippen LogP contribution in [0.25, 0.3) is 0 Å². The van der Waals surface area contributed by atoms with E-state index in [0.717, 1.165) is 9.35 Å². The van der Waals surface area contributed by atoms with Crippen LogP contribution in [-0.2, 0) is 24.4 Å². The lowest BCUT2D eigenvalue weighted by molar-refractivity contribution is -0.122. The van der Waals surface area contributed by atoms with E-state index in [1.165, 1.54) is 4.68 Å². The highest BCUT2D eigenvalue weighted by Gasteiger charge is 2.06. The molecule has 2 heterocycles. The van der Waals surface area contributed by atoms with Crippen molar-refractivity contribution in [3.05, 3.63) is 32.7 Å². The van der Waals surface area contributed by atoms with E-state index >= 15 is 0 Å². The minimum Gasteiger partial charge on any atom is -0.350 e. The molecule has 2 aromatic rings. The maximum atomic E-state index is 11.7. The molecule has 0 aromatic carbocycles. The Balaban J connectivity index is 1.81. The van der Waals surface area contributed by atoms with Crippen molar-refractivity contribution in [1.82, 2.24) is 20.3 Å². The third-order valence-corrected chi connectivity index (χ3v) is 3.88. The number of nitrogens with one attached hydrogen (secondary N) is 1. The minimum absolute atomic E-state index is 0.104. The number of hydrogen-bond donors (Lipinski definition) is 2. The van der Waals surface area contributed by atoms with Gasteiger partial charge < -0.3 is 11.1 Å². The summed E-state index contributed by atoms with van der Waals surface area (Å²) < 4.78 is 2.50. The summed E-state index contributed by atoms with van der Waals surface area (Å²) in [6.07, 6.45) is 1.67. The highest BCUT2D eigenvalue weighted by Crippen LogP contribution is 2.19. The fourth-order valence-electron chi connectivity index (χ4n) is 1.34. The SMILES string of the molecule is NCc1cn(CC(=O)NCc2cc(Br)cs2)nn1. The molecule has 2 rings (SSSR count). The summed E-state index contributed by atoms with van der Waals surface area (Å²) in [7, 11) is 0. The van der Waals surface area contributed by atoms with Gasteiger partial charge in [-0.05, 0) is 22.0 Å². The smallest absolute Gasteiger partial charge is 0.242 e. The van der Waals surface area contributed by atoms with E-state index in [9.17, 15) is 4.79 Å². The molecule has 0 saturated heterocycles. The van der Waals surface area contributed by atoms with Gasteiger partial charge in [0, 0.05) is 21.3 Å². The molecule has 0 saturated carbocycles. The van der Waals surface area contributed by atoms with Crippen LogP contribution < -0.4 is 11.1 Å². The molecule has 0 aliphatic heterocycles. The molecule has 0 spiro atoms. The molecule has 0 aliphatic carbocycles. The molecule has 3 N–H and O–H groups in total. The molecular formula is C10H12BrN5OS. The fraction of sp³-hybridized carbons (Fsp3) is 0.300. The normalized spacial score (nSPS) is 10.6. The molecule has 6 nitrogen and oxygen atoms in total. The second-order valence-corrected chi connectivity index (χ2v) is 5.53. The number of hydrogen-bond acceptors (Lipinski definition) is 5. The van der Waals surface area contributed by atoms with Crippen molar-refractivity contribution in [2.45, 2.75) is 19.6 Å². The Hall–Kier alpha value is -1.25. The van der Waals surface area contributed by atoms with Crippen LogP contribution in [0.15, 0.2) is 22.1 Å². The molecule has 18 heavy (non-hydrogen) atoms. The van der Waals surface area contributed by atoms with Crippen molar-refractivity contribution < 1.29 is 4.79 Å². The van der Waals surface area contributed by atoms with Crippen molar-refractivity contribution in [2.24, 2.45) is 5.73 Å². The van der Waals surface area contributed by atoms with E-state index in [1.807, 2.05) is 11.4 Å². The van der Waals surface area contributed by atoms with E-state index in [1.54, 1.807) is 17.5 Å². The fourth-order valence-corrected chi connectivity index (χ4v) is 2.74. The summed E-state index contributed by atoms with van der Waals surface area (Å²) in [4.78, 5) is 12.7. The molecule has 1 amide bonds. The zero-order valence-corrected chi connectivity index (χ0v) is 11.9. The maximum Gasteiger partial charge on any atom is 0.242 e. The number of halogens is 1. The lowest BCUT2D eigenvalue weighted by Gasteiger charge is -2.02. The molecule has 0 atom stereocenters. The summed E-state index contributed by atoms with van der Waals surface area (Å²) in [5.74, 6) is -0.104. The zero-order chi connectivity index (χ0) is 13.0. The predicted molar refractivity (Wildman–Crippen MR) is 71.8 cm³/mol. The van der Waals surface area contributed by atoms with Gasteiger partial charge in [-0.3, -0.25) is 4.79 Å². The number of thiophene rings is 1. The van der Waals surface area contributed by atoms with Gasteiger partial charge in [0.2, 0.25) is 5.91 Å². The summed E-state index contributed by atoms with van der Waals surface area (Å²) in [5.41, 5.74) is 6.08. The monoisotopic (exact) mass is 329 g/mol. The Morgan fingerprint density at radius 3 is 3.06 bits per heavy atom. The van der Waals surface area contributed by atoms with Crippen molar-refractivity contribution >= 4 is 33.2 Å². The number of carbonyl (C=O) groups is 1. The number of aromatic nitrogens is 3. The number of carbonyl (C=O) groups excluding carboxylic acids is 1. The Bertz CT molecular complexity index is 538. The van der Waals surface area contributed by atoms with Crippen LogP contribution in [0.1, 0.15) is 10.6 Å². The third kappa shape index (κ3) is 3.62. The van der Waals surface area contributed by atoms with Crippen LogP contribution in [0, 0.1) is 0 Å². The molecular weight excluding hydrogens is 318 g/mol. The van der Waals surface area contributed by atoms with Gasteiger partial charge in [0.25, 0.3) is 0 Å². The topological polar surface area (TPSA) is 85.8 Å². The Morgan fingerprint density at radius 1 is 1.61 bits per heavy atom. The van der Waals surface area contributed by atoms with Crippen LogP contribution in [0.3, 0.4) is 0 Å². The van der Waals surface area contributed by atoms with Gasteiger partial charge in [0.15, 0.2) is 0 Å². The first-order chi connectivity index (χ1) is 8.67. The van der Waals surface area contributed by atoms with Gasteiger partial charge in [-0.2, -0.15) is 0 Å². The number of rotatable bonds is 5. The lowest BCUT2D eigenvalue weighted by atomic mass is 10.4. The number of nitrogens with zero attached hydrogens (tertiary/aromatic N) is 3. The molecule has 0 aliphatic rings. The Morgan fingerprint density at radius 2 is 2.44 bits per heavy atom. The number of nitrogens with two attached hydrogens (primary N) is 1. The average molecular weight is 330 g/mol. The molecule has 0 bridgehead atoms. The van der Waals surface area contributed by atoms with E-state index in [2.05, 4.69) is 31.6 Å². The summed E-state index contributed by atoms with van der Waals surface area (Å²) in [6, 6.07) is 1.98. The molecule has 0 radical (unpaired) electrons. The molecule has 0 fully saturated rings. The second kappa shape index (κ2) is 6.07. The molecule has 96 valence electrons. The van der Waals surface area contributed by atoms with Crippen LogP contribution in [0.2, 0.25) is 0 Å². The standard InChI is InChI=1S/C10H12BrN5OS/c11-7-1-9(18-6-7)3-13-10(17)5-16-4-8(2-12)14-15-16/h1,4,6H,2-3,5,12H2,(H,13,17). The highest BCUT2D eigenvalue weighted by molar-refractivity contribution is 9.10. The van der Waals surface area contributed by atoms with Crippen LogP contribution >= 0.6 is 27.3 Å². The van der Waals surface area contributed by atoms with Crippen molar-refractivity contribution in [3.8, 4) is 0 Å². The zero-order valence-electron chi connectivity index (χ0n) is 9.47. The van der Waals surface area contributed by atoms with Crippen molar-refractivity contribution in [1.29, 1.82) is 0 Å². The van der Waals surface area contributed by atoms with E-state index < -0.39 is 0 Å². The van der Waals surface area contributed by atoms with Gasteiger partial charge >= 0.3 is 0 Å². The van der Waals surface area contributed by atoms with E-state index in [4.69, 9.17) is 5.73 Å². The van der Waals surface area contributed by atoms with Gasteiger partial charge in [0.05, 0.1) is 18.4 Å². The Labute approximate surface area is 116 Å². The maximum absolute atomic E-state index is 11.7. The second-order valence-electron chi connectivity index (χ2n) is 3.62. The van der Waals surface area contributed by atoms with Gasteiger partial charge in [-0.15, -0.1) is 16.4 Å². The van der Waals surface area contributed by atoms with Crippen molar-refractivity contribution in [2.75, 3.05) is 0 Å². The largest absolute Gasteiger partial charge is 0.350 e. The van der Waals surface area contributed by atoms with Crippen molar-refractivity contribution in [3.63, 3.8) is 0 Å². The summed E-state index contributed by atoms with van der Waals surface area (Å²) in [5, 5.41) is 12.4. The van der Waals surface area contributed by atoms with Gasteiger partial charge in [-0.1, -0.05) is 5.21 Å². The van der Waals surface area contributed by atoms with E-state index in [-0.39, 0.29) is 12.5 Å². The first kappa shape index (κ1) is 13.2. The Kier molecular flexibility index (Phi) is 4.45. The first-order valence-corrected chi connectivity index (χ1v) is 6.93. The summed E-state index contributed by atoms with van der Waals surface area (Å²) >= 11 is 4.96. The van der Waals surface area contributed by atoms with Gasteiger partial charge in [-0.25, -0.2) is 4.68 Å². The molecule has 0 unspecified atom stereocenters. The van der Waals surface area contributed by atoms with Crippen LogP contribution in [0.5, 0.6) is 0 Å². The van der Waals surface area contributed by atoms with Crippen LogP contribution in [0.4, 0.5) is 0 Å². The average Bonchev–Trinajstić information content (AvgIpc) is 2.95. The predicted octanol–water partition coefficient (Wildman–Crippen LogP) is 0.877. The summed E-state index contributed by atoms with van der Waals surface area (Å²) in [6.45, 7) is 0.998. The third-order valence-electron chi connectivity index (χ3n) is 2.18. The lowest BCUT2D eigenvalue weighted by Crippen LogP contribution is -2.27. The minimum atomic E-state index is -0.104. The molecule has 2 aromatic heterocycles.